The number of hydrogen-bond acceptors (Lipinski definition) is 3. The molecule has 0 aromatic heterocycles. The van der Waals surface area contributed by atoms with Crippen LogP contribution < -0.4 is 5.32 Å². The first-order valence-corrected chi connectivity index (χ1v) is 8.94. The van der Waals surface area contributed by atoms with Crippen LogP contribution in [0.4, 0.5) is 4.39 Å². The summed E-state index contributed by atoms with van der Waals surface area (Å²) in [5.41, 5.74) is 2.32. The molecule has 3 rings (SSSR count). The number of nitrogens with zero attached hydrogens (tertiary/aromatic N) is 1. The van der Waals surface area contributed by atoms with Gasteiger partial charge in [-0.25, -0.2) is 4.39 Å². The highest BCUT2D eigenvalue weighted by atomic mass is 19.1. The lowest BCUT2D eigenvalue weighted by atomic mass is 10.1. The van der Waals surface area contributed by atoms with Crippen molar-refractivity contribution in [3.63, 3.8) is 0 Å². The van der Waals surface area contributed by atoms with Crippen LogP contribution in [0.1, 0.15) is 44.7 Å². The minimum absolute atomic E-state index is 0.182. The van der Waals surface area contributed by atoms with E-state index < -0.39 is 0 Å². The standard InChI is InChI=1S/C21H21FN2O3/c1-14-8-9-16-17(13-14)21(27)24(20(16)26)12-4-7-19(25)23-11-10-15-5-2-3-6-18(15)22/h2-3,5-6,8-9,13H,4,7,10-12H2,1H3,(H,23,25). The topological polar surface area (TPSA) is 66.5 Å². The van der Waals surface area contributed by atoms with E-state index in [1.807, 2.05) is 6.92 Å². The van der Waals surface area contributed by atoms with E-state index in [4.69, 9.17) is 0 Å². The van der Waals surface area contributed by atoms with Crippen molar-refractivity contribution in [1.82, 2.24) is 10.2 Å². The monoisotopic (exact) mass is 368 g/mol. The van der Waals surface area contributed by atoms with E-state index in [2.05, 4.69) is 5.32 Å². The minimum Gasteiger partial charge on any atom is -0.356 e. The van der Waals surface area contributed by atoms with E-state index >= 15 is 0 Å². The number of rotatable bonds is 7. The maximum Gasteiger partial charge on any atom is 0.261 e. The average molecular weight is 368 g/mol. The zero-order valence-corrected chi connectivity index (χ0v) is 15.1. The summed E-state index contributed by atoms with van der Waals surface area (Å²) < 4.78 is 13.5. The van der Waals surface area contributed by atoms with Crippen LogP contribution in [0.5, 0.6) is 0 Å². The van der Waals surface area contributed by atoms with E-state index in [1.54, 1.807) is 36.4 Å². The summed E-state index contributed by atoms with van der Waals surface area (Å²) in [5.74, 6) is -1.08. The van der Waals surface area contributed by atoms with Crippen LogP contribution in [0.3, 0.4) is 0 Å². The number of hydrogen-bond donors (Lipinski definition) is 1. The Morgan fingerprint density at radius 3 is 2.59 bits per heavy atom. The van der Waals surface area contributed by atoms with Crippen molar-refractivity contribution in [2.75, 3.05) is 13.1 Å². The van der Waals surface area contributed by atoms with Crippen LogP contribution in [0.2, 0.25) is 0 Å². The van der Waals surface area contributed by atoms with Gasteiger partial charge in [0.05, 0.1) is 11.1 Å². The molecule has 1 N–H and O–H groups in total. The van der Waals surface area contributed by atoms with E-state index in [0.717, 1.165) is 5.56 Å². The molecule has 0 unspecified atom stereocenters. The maximum atomic E-state index is 13.5. The Balaban J connectivity index is 1.43. The first kappa shape index (κ1) is 18.8. The molecule has 1 heterocycles. The third-order valence-corrected chi connectivity index (χ3v) is 4.59. The third-order valence-electron chi connectivity index (χ3n) is 4.59. The van der Waals surface area contributed by atoms with Gasteiger partial charge < -0.3 is 5.32 Å². The fraction of sp³-hybridized carbons (Fsp3) is 0.286. The summed E-state index contributed by atoms with van der Waals surface area (Å²) in [7, 11) is 0. The molecule has 0 saturated carbocycles. The van der Waals surface area contributed by atoms with Gasteiger partial charge in [-0.05, 0) is 43.5 Å². The minimum atomic E-state index is -0.310. The number of amides is 3. The Kier molecular flexibility index (Phi) is 5.64. The first-order chi connectivity index (χ1) is 13.0. The van der Waals surface area contributed by atoms with Gasteiger partial charge in [0.1, 0.15) is 5.82 Å². The largest absolute Gasteiger partial charge is 0.356 e. The van der Waals surface area contributed by atoms with Gasteiger partial charge in [0.2, 0.25) is 5.91 Å². The Bertz CT molecular complexity index is 895. The number of benzene rings is 2. The molecule has 1 aliphatic rings. The summed E-state index contributed by atoms with van der Waals surface area (Å²) in [6, 6.07) is 11.6. The number of carbonyl (C=O) groups is 3. The number of carbonyl (C=O) groups excluding carboxylic acids is 3. The van der Waals surface area contributed by atoms with Crippen molar-refractivity contribution < 1.29 is 18.8 Å². The summed E-state index contributed by atoms with van der Waals surface area (Å²) >= 11 is 0. The van der Waals surface area contributed by atoms with E-state index in [-0.39, 0.29) is 36.5 Å². The molecule has 0 bridgehead atoms. The lowest BCUT2D eigenvalue weighted by Crippen LogP contribution is -2.32. The van der Waals surface area contributed by atoms with Gasteiger partial charge >= 0.3 is 0 Å². The molecule has 1 aliphatic heterocycles. The Morgan fingerprint density at radius 2 is 1.81 bits per heavy atom. The zero-order chi connectivity index (χ0) is 19.4. The van der Waals surface area contributed by atoms with E-state index in [0.29, 0.717) is 36.1 Å². The van der Waals surface area contributed by atoms with Gasteiger partial charge in [-0.2, -0.15) is 0 Å². The van der Waals surface area contributed by atoms with Crippen LogP contribution in [0.25, 0.3) is 0 Å². The van der Waals surface area contributed by atoms with Crippen molar-refractivity contribution in [1.29, 1.82) is 0 Å². The third kappa shape index (κ3) is 4.22. The molecule has 0 saturated heterocycles. The van der Waals surface area contributed by atoms with Crippen molar-refractivity contribution in [3.05, 3.63) is 70.5 Å². The van der Waals surface area contributed by atoms with Crippen LogP contribution in [-0.2, 0) is 11.2 Å². The van der Waals surface area contributed by atoms with E-state index in [1.165, 1.54) is 11.0 Å². The smallest absolute Gasteiger partial charge is 0.261 e. The predicted molar refractivity (Wildman–Crippen MR) is 98.9 cm³/mol. The molecule has 0 atom stereocenters. The van der Waals surface area contributed by atoms with Gasteiger partial charge in [0.15, 0.2) is 0 Å². The Hall–Kier alpha value is -3.02. The lowest BCUT2D eigenvalue weighted by Gasteiger charge is -2.13. The Labute approximate surface area is 157 Å². The number of fused-ring (bicyclic) bond motifs is 1. The second-order valence-corrected chi connectivity index (χ2v) is 6.61. The van der Waals surface area contributed by atoms with Crippen LogP contribution in [-0.4, -0.2) is 35.7 Å². The summed E-state index contributed by atoms with van der Waals surface area (Å²) in [4.78, 5) is 37.8. The zero-order valence-electron chi connectivity index (χ0n) is 15.1. The van der Waals surface area contributed by atoms with Gasteiger partial charge in [-0.1, -0.05) is 29.8 Å². The molecule has 3 amide bonds. The van der Waals surface area contributed by atoms with Gasteiger partial charge in [0.25, 0.3) is 11.8 Å². The highest BCUT2D eigenvalue weighted by Crippen LogP contribution is 2.24. The van der Waals surface area contributed by atoms with Crippen LogP contribution in [0.15, 0.2) is 42.5 Å². The lowest BCUT2D eigenvalue weighted by molar-refractivity contribution is -0.121. The molecule has 2 aromatic rings. The van der Waals surface area contributed by atoms with Gasteiger partial charge in [0, 0.05) is 19.5 Å². The van der Waals surface area contributed by atoms with Crippen molar-refractivity contribution in [2.45, 2.75) is 26.2 Å². The molecule has 0 fully saturated rings. The highest BCUT2D eigenvalue weighted by molar-refractivity contribution is 6.21. The second-order valence-electron chi connectivity index (χ2n) is 6.61. The fourth-order valence-corrected chi connectivity index (χ4v) is 3.13. The molecule has 0 radical (unpaired) electrons. The molecular weight excluding hydrogens is 347 g/mol. The number of nitrogens with one attached hydrogen (secondary N) is 1. The normalized spacial score (nSPS) is 13.0. The molecule has 2 aromatic carbocycles. The molecule has 5 nitrogen and oxygen atoms in total. The first-order valence-electron chi connectivity index (χ1n) is 8.94. The van der Waals surface area contributed by atoms with Gasteiger partial charge in [-0.3, -0.25) is 19.3 Å². The van der Waals surface area contributed by atoms with Crippen molar-refractivity contribution in [2.24, 2.45) is 0 Å². The maximum absolute atomic E-state index is 13.5. The fourth-order valence-electron chi connectivity index (χ4n) is 3.13. The average Bonchev–Trinajstić information content (AvgIpc) is 2.87. The summed E-state index contributed by atoms with van der Waals surface area (Å²) in [5, 5.41) is 2.74. The van der Waals surface area contributed by atoms with Crippen LogP contribution >= 0.6 is 0 Å². The number of imide groups is 1. The molecule has 27 heavy (non-hydrogen) atoms. The van der Waals surface area contributed by atoms with Crippen LogP contribution in [0, 0.1) is 12.7 Å². The van der Waals surface area contributed by atoms with Crippen molar-refractivity contribution >= 4 is 17.7 Å². The molecule has 140 valence electrons. The Morgan fingerprint density at radius 1 is 1.07 bits per heavy atom. The number of halogens is 1. The number of aryl methyl sites for hydroxylation is 1. The SMILES string of the molecule is Cc1ccc2c(c1)C(=O)N(CCCC(=O)NCCc1ccccc1F)C2=O. The summed E-state index contributed by atoms with van der Waals surface area (Å²) in [6.45, 7) is 2.41. The second kappa shape index (κ2) is 8.12. The van der Waals surface area contributed by atoms with Crippen molar-refractivity contribution in [3.8, 4) is 0 Å². The van der Waals surface area contributed by atoms with E-state index in [9.17, 15) is 18.8 Å². The highest BCUT2D eigenvalue weighted by Gasteiger charge is 2.34. The molecule has 0 spiro atoms. The molecular formula is C21H21FN2O3. The molecule has 0 aliphatic carbocycles. The summed E-state index contributed by atoms with van der Waals surface area (Å²) in [6.07, 6.45) is 0.996. The predicted octanol–water partition coefficient (Wildman–Crippen LogP) is 2.87. The van der Waals surface area contributed by atoms with Gasteiger partial charge in [-0.15, -0.1) is 0 Å². The molecule has 6 heteroatoms. The quantitative estimate of drug-likeness (QED) is 0.764.